The second kappa shape index (κ2) is 9.49. The van der Waals surface area contributed by atoms with E-state index in [0.29, 0.717) is 0 Å². The van der Waals surface area contributed by atoms with Crippen LogP contribution in [0, 0.1) is 0 Å². The van der Waals surface area contributed by atoms with Gasteiger partial charge in [-0.05, 0) is 74.9 Å². The first-order valence-electron chi connectivity index (χ1n) is 11.1. The van der Waals surface area contributed by atoms with E-state index in [1.54, 1.807) is 0 Å². The minimum atomic E-state index is 0.113. The highest BCUT2D eigenvalue weighted by Crippen LogP contribution is 2.45. The maximum atomic E-state index is 5.99. The van der Waals surface area contributed by atoms with Crippen molar-refractivity contribution >= 4 is 0 Å². The van der Waals surface area contributed by atoms with Crippen LogP contribution in [0.5, 0.6) is 11.5 Å². The van der Waals surface area contributed by atoms with E-state index in [2.05, 4.69) is 76.2 Å². The van der Waals surface area contributed by atoms with Crippen molar-refractivity contribution in [2.24, 2.45) is 0 Å². The van der Waals surface area contributed by atoms with Gasteiger partial charge in [0.25, 0.3) is 0 Å². The molecule has 0 N–H and O–H groups in total. The summed E-state index contributed by atoms with van der Waals surface area (Å²) in [5, 5.41) is 0. The summed E-state index contributed by atoms with van der Waals surface area (Å²) in [5.41, 5.74) is 2.95. The Kier molecular flexibility index (Phi) is 7.04. The summed E-state index contributed by atoms with van der Waals surface area (Å²) >= 11 is 0. The average molecular weight is 381 g/mol. The second-order valence-corrected chi connectivity index (χ2v) is 8.36. The largest absolute Gasteiger partial charge is 0.491 e. The fraction of sp³-hybridized carbons (Fsp3) is 0.538. The van der Waals surface area contributed by atoms with Gasteiger partial charge in [0.05, 0.1) is 12.2 Å². The molecular formula is C26H36O2. The molecule has 0 aliphatic heterocycles. The lowest BCUT2D eigenvalue weighted by molar-refractivity contribution is 0.217. The third kappa shape index (κ3) is 4.71. The maximum absolute atomic E-state index is 5.99. The van der Waals surface area contributed by atoms with Gasteiger partial charge in [-0.25, -0.2) is 0 Å². The summed E-state index contributed by atoms with van der Waals surface area (Å²) in [6.45, 7) is 8.56. The molecule has 2 aromatic carbocycles. The van der Waals surface area contributed by atoms with Crippen LogP contribution < -0.4 is 9.47 Å². The number of ether oxygens (including phenoxy) is 2. The van der Waals surface area contributed by atoms with E-state index in [-0.39, 0.29) is 17.6 Å². The standard InChI is InChI=1S/C26H36O2/c1-5-20(3)27-24-14-10-22(11-15-24)26(18-8-7-9-19-26)23-12-16-25(17-13-23)28-21(4)6-2/h10-17,20-21H,5-9,18-19H2,1-4H3. The minimum absolute atomic E-state index is 0.113. The van der Waals surface area contributed by atoms with E-state index in [4.69, 9.17) is 9.47 Å². The van der Waals surface area contributed by atoms with Gasteiger partial charge in [0, 0.05) is 5.41 Å². The molecule has 152 valence electrons. The number of hydrogen-bond acceptors (Lipinski definition) is 2. The predicted octanol–water partition coefficient (Wildman–Crippen LogP) is 7.29. The van der Waals surface area contributed by atoms with Crippen LogP contribution in [-0.4, -0.2) is 12.2 Å². The molecule has 1 aliphatic carbocycles. The van der Waals surface area contributed by atoms with Gasteiger partial charge in [-0.15, -0.1) is 0 Å². The van der Waals surface area contributed by atoms with E-state index in [1.165, 1.54) is 43.2 Å². The normalized spacial score (nSPS) is 18.3. The number of rotatable bonds is 8. The molecule has 0 aromatic heterocycles. The van der Waals surface area contributed by atoms with Crippen LogP contribution in [-0.2, 0) is 5.41 Å². The Balaban J connectivity index is 1.86. The Morgan fingerprint density at radius 2 is 1.07 bits per heavy atom. The zero-order valence-corrected chi connectivity index (χ0v) is 18.0. The fourth-order valence-electron chi connectivity index (χ4n) is 4.24. The van der Waals surface area contributed by atoms with Crippen LogP contribution in [0.2, 0.25) is 0 Å². The van der Waals surface area contributed by atoms with Crippen molar-refractivity contribution < 1.29 is 9.47 Å². The van der Waals surface area contributed by atoms with Crippen molar-refractivity contribution in [3.63, 3.8) is 0 Å². The van der Waals surface area contributed by atoms with Gasteiger partial charge < -0.3 is 9.47 Å². The number of benzene rings is 2. The van der Waals surface area contributed by atoms with Crippen molar-refractivity contribution in [3.8, 4) is 11.5 Å². The molecule has 2 nitrogen and oxygen atoms in total. The van der Waals surface area contributed by atoms with Crippen LogP contribution in [0.25, 0.3) is 0 Å². The predicted molar refractivity (Wildman–Crippen MR) is 118 cm³/mol. The van der Waals surface area contributed by atoms with Crippen LogP contribution >= 0.6 is 0 Å². The molecule has 1 aliphatic rings. The lowest BCUT2D eigenvalue weighted by Gasteiger charge is -2.39. The highest BCUT2D eigenvalue weighted by Gasteiger charge is 2.35. The summed E-state index contributed by atoms with van der Waals surface area (Å²) < 4.78 is 12.0. The van der Waals surface area contributed by atoms with Crippen molar-refractivity contribution in [1.29, 1.82) is 0 Å². The van der Waals surface area contributed by atoms with E-state index in [9.17, 15) is 0 Å². The Labute approximate surface area is 171 Å². The van der Waals surface area contributed by atoms with Gasteiger partial charge >= 0.3 is 0 Å². The third-order valence-electron chi connectivity index (χ3n) is 6.35. The highest BCUT2D eigenvalue weighted by atomic mass is 16.5. The van der Waals surface area contributed by atoms with Crippen LogP contribution in [0.1, 0.15) is 83.8 Å². The molecule has 0 bridgehead atoms. The smallest absolute Gasteiger partial charge is 0.119 e. The summed E-state index contributed by atoms with van der Waals surface area (Å²) in [7, 11) is 0. The molecule has 2 atom stereocenters. The minimum Gasteiger partial charge on any atom is -0.491 e. The van der Waals surface area contributed by atoms with Gasteiger partial charge in [0.1, 0.15) is 11.5 Å². The van der Waals surface area contributed by atoms with E-state index in [0.717, 1.165) is 24.3 Å². The molecule has 0 spiro atoms. The first-order valence-corrected chi connectivity index (χ1v) is 11.1. The molecule has 0 amide bonds. The molecule has 0 radical (unpaired) electrons. The summed E-state index contributed by atoms with van der Waals surface area (Å²) in [5.74, 6) is 1.95. The SMILES string of the molecule is CCC(C)Oc1ccc(C2(c3ccc(OC(C)CC)cc3)CCCCC2)cc1. The third-order valence-corrected chi connectivity index (χ3v) is 6.35. The lowest BCUT2D eigenvalue weighted by Crippen LogP contribution is -2.30. The quantitative estimate of drug-likeness (QED) is 0.478. The molecule has 2 aromatic rings. The summed E-state index contributed by atoms with van der Waals surface area (Å²) in [4.78, 5) is 0. The van der Waals surface area contributed by atoms with Crippen molar-refractivity contribution in [1.82, 2.24) is 0 Å². The zero-order chi connectivity index (χ0) is 20.0. The van der Waals surface area contributed by atoms with Gasteiger partial charge in [0.2, 0.25) is 0 Å². The van der Waals surface area contributed by atoms with Crippen molar-refractivity contribution in [2.75, 3.05) is 0 Å². The zero-order valence-electron chi connectivity index (χ0n) is 18.0. The topological polar surface area (TPSA) is 18.5 Å². The summed E-state index contributed by atoms with van der Waals surface area (Å²) in [6.07, 6.45) is 8.90. The Hall–Kier alpha value is -1.96. The van der Waals surface area contributed by atoms with Gasteiger partial charge in [-0.3, -0.25) is 0 Å². The van der Waals surface area contributed by atoms with Gasteiger partial charge in [-0.1, -0.05) is 57.4 Å². The first-order chi connectivity index (χ1) is 13.6. The van der Waals surface area contributed by atoms with Crippen LogP contribution in [0.15, 0.2) is 48.5 Å². The van der Waals surface area contributed by atoms with E-state index >= 15 is 0 Å². The molecule has 0 heterocycles. The lowest BCUT2D eigenvalue weighted by atomic mass is 9.65. The fourth-order valence-corrected chi connectivity index (χ4v) is 4.24. The van der Waals surface area contributed by atoms with Gasteiger partial charge in [0.15, 0.2) is 0 Å². The number of hydrogen-bond donors (Lipinski definition) is 0. The Bertz CT molecular complexity index is 654. The highest BCUT2D eigenvalue weighted by molar-refractivity contribution is 5.43. The molecule has 2 heteroatoms. The summed E-state index contributed by atoms with van der Waals surface area (Å²) in [6, 6.07) is 17.7. The monoisotopic (exact) mass is 380 g/mol. The Morgan fingerprint density at radius 1 is 0.679 bits per heavy atom. The van der Waals surface area contributed by atoms with Crippen molar-refractivity contribution in [2.45, 2.75) is 90.3 Å². The molecule has 3 rings (SSSR count). The molecule has 1 fully saturated rings. The molecule has 1 saturated carbocycles. The maximum Gasteiger partial charge on any atom is 0.119 e. The second-order valence-electron chi connectivity index (χ2n) is 8.36. The Morgan fingerprint density at radius 3 is 1.43 bits per heavy atom. The van der Waals surface area contributed by atoms with Gasteiger partial charge in [-0.2, -0.15) is 0 Å². The van der Waals surface area contributed by atoms with E-state index in [1.807, 2.05) is 0 Å². The molecule has 28 heavy (non-hydrogen) atoms. The van der Waals surface area contributed by atoms with E-state index < -0.39 is 0 Å². The van der Waals surface area contributed by atoms with Crippen molar-refractivity contribution in [3.05, 3.63) is 59.7 Å². The molecule has 0 saturated heterocycles. The molecule has 2 unspecified atom stereocenters. The van der Waals surface area contributed by atoms with Crippen LogP contribution in [0.4, 0.5) is 0 Å². The van der Waals surface area contributed by atoms with Crippen LogP contribution in [0.3, 0.4) is 0 Å². The first kappa shape index (κ1) is 20.8. The average Bonchev–Trinajstić information content (AvgIpc) is 2.75. The molecular weight excluding hydrogens is 344 g/mol.